The van der Waals surface area contributed by atoms with Gasteiger partial charge in [0.2, 0.25) is 0 Å². The molecule has 0 aliphatic carbocycles. The highest BCUT2D eigenvalue weighted by Gasteiger charge is 2.22. The van der Waals surface area contributed by atoms with Gasteiger partial charge in [-0.2, -0.15) is 0 Å². The average molecular weight is 380 g/mol. The third-order valence-electron chi connectivity index (χ3n) is 5.13. The summed E-state index contributed by atoms with van der Waals surface area (Å²) in [6.45, 7) is 9.13. The van der Waals surface area contributed by atoms with E-state index in [1.807, 2.05) is 17.5 Å². The largest absolute Gasteiger partial charge is 0.306 e. The summed E-state index contributed by atoms with van der Waals surface area (Å²) in [5, 5.41) is 2.00. The van der Waals surface area contributed by atoms with E-state index in [1.165, 1.54) is 11.1 Å². The van der Waals surface area contributed by atoms with Crippen LogP contribution in [0.3, 0.4) is 0 Å². The molecule has 1 aliphatic rings. The third kappa shape index (κ3) is 3.89. The van der Waals surface area contributed by atoms with Gasteiger partial charge >= 0.3 is 0 Å². The highest BCUT2D eigenvalue weighted by Crippen LogP contribution is 2.25. The van der Waals surface area contributed by atoms with Gasteiger partial charge in [-0.25, -0.2) is 4.98 Å². The molecule has 4 rings (SSSR count). The van der Waals surface area contributed by atoms with Crippen molar-refractivity contribution in [2.45, 2.75) is 45.7 Å². The number of fused-ring (bicyclic) bond motifs is 1. The molecule has 27 heavy (non-hydrogen) atoms. The highest BCUT2D eigenvalue weighted by molar-refractivity contribution is 7.13. The molecular weight excluding hydrogens is 354 g/mol. The maximum atomic E-state index is 12.6. The van der Waals surface area contributed by atoms with Crippen LogP contribution in [-0.2, 0) is 24.9 Å². The maximum absolute atomic E-state index is 12.6. The van der Waals surface area contributed by atoms with E-state index in [1.54, 1.807) is 11.3 Å². The number of H-pyrrole nitrogens is 1. The third-order valence-corrected chi connectivity index (χ3v) is 6.00. The topological polar surface area (TPSA) is 49.0 Å². The van der Waals surface area contributed by atoms with Crippen LogP contribution in [0.2, 0.25) is 0 Å². The molecule has 140 valence electrons. The van der Waals surface area contributed by atoms with Crippen LogP contribution in [0.15, 0.2) is 46.6 Å². The Bertz CT molecular complexity index is 982. The first kappa shape index (κ1) is 18.1. The zero-order valence-corrected chi connectivity index (χ0v) is 16.9. The van der Waals surface area contributed by atoms with Crippen molar-refractivity contribution < 1.29 is 0 Å². The normalized spacial score (nSPS) is 14.9. The molecule has 1 N–H and O–H groups in total. The van der Waals surface area contributed by atoms with Crippen molar-refractivity contribution in [1.29, 1.82) is 0 Å². The van der Waals surface area contributed by atoms with Gasteiger partial charge in [0.25, 0.3) is 5.56 Å². The van der Waals surface area contributed by atoms with E-state index in [0.717, 1.165) is 35.6 Å². The molecule has 0 atom stereocenters. The van der Waals surface area contributed by atoms with E-state index in [4.69, 9.17) is 4.98 Å². The first-order chi connectivity index (χ1) is 12.9. The zero-order chi connectivity index (χ0) is 19.0. The van der Waals surface area contributed by atoms with Crippen LogP contribution >= 0.6 is 11.3 Å². The van der Waals surface area contributed by atoms with Crippen molar-refractivity contribution >= 4 is 11.3 Å². The van der Waals surface area contributed by atoms with Crippen LogP contribution in [0, 0.1) is 0 Å². The Morgan fingerprint density at radius 3 is 2.63 bits per heavy atom. The Morgan fingerprint density at radius 1 is 1.19 bits per heavy atom. The van der Waals surface area contributed by atoms with E-state index in [0.29, 0.717) is 12.4 Å². The fourth-order valence-electron chi connectivity index (χ4n) is 3.51. The molecule has 5 heteroatoms. The Hall–Kier alpha value is -2.24. The van der Waals surface area contributed by atoms with Gasteiger partial charge in [0, 0.05) is 26.1 Å². The second kappa shape index (κ2) is 7.06. The summed E-state index contributed by atoms with van der Waals surface area (Å²) in [6.07, 6.45) is 0.817. The summed E-state index contributed by atoms with van der Waals surface area (Å²) in [7, 11) is 0. The van der Waals surface area contributed by atoms with Crippen molar-refractivity contribution in [2.75, 3.05) is 6.54 Å². The SMILES string of the molecule is CC(C)(C)c1ccc(CN2CCc3nc(-c4cccs4)[nH]c(=O)c3C2)cc1. The zero-order valence-electron chi connectivity index (χ0n) is 16.1. The van der Waals surface area contributed by atoms with E-state index in [2.05, 4.69) is 54.9 Å². The van der Waals surface area contributed by atoms with Crippen LogP contribution in [0.4, 0.5) is 0 Å². The molecule has 0 amide bonds. The number of benzene rings is 1. The van der Waals surface area contributed by atoms with Crippen LogP contribution in [0.25, 0.3) is 10.7 Å². The van der Waals surface area contributed by atoms with Crippen molar-refractivity contribution in [2.24, 2.45) is 0 Å². The first-order valence-electron chi connectivity index (χ1n) is 9.38. The molecule has 3 aromatic rings. The molecule has 0 bridgehead atoms. The molecule has 0 saturated heterocycles. The number of nitrogens with one attached hydrogen (secondary N) is 1. The lowest BCUT2D eigenvalue weighted by Crippen LogP contribution is -2.35. The van der Waals surface area contributed by atoms with Crippen LogP contribution < -0.4 is 5.56 Å². The molecule has 2 aromatic heterocycles. The summed E-state index contributed by atoms with van der Waals surface area (Å²) in [6, 6.07) is 12.8. The molecule has 0 radical (unpaired) electrons. The smallest absolute Gasteiger partial charge is 0.255 e. The Kier molecular flexibility index (Phi) is 4.74. The lowest BCUT2D eigenvalue weighted by molar-refractivity contribution is 0.242. The predicted octanol–water partition coefficient (Wildman–Crippen LogP) is 4.35. The van der Waals surface area contributed by atoms with Gasteiger partial charge in [-0.3, -0.25) is 9.69 Å². The van der Waals surface area contributed by atoms with E-state index >= 15 is 0 Å². The molecule has 0 saturated carbocycles. The average Bonchev–Trinajstić information content (AvgIpc) is 3.16. The molecule has 3 heterocycles. The van der Waals surface area contributed by atoms with E-state index < -0.39 is 0 Å². The van der Waals surface area contributed by atoms with E-state index in [-0.39, 0.29) is 11.0 Å². The number of hydrogen-bond donors (Lipinski definition) is 1. The maximum Gasteiger partial charge on any atom is 0.255 e. The molecular formula is C22H25N3OS. The Labute approximate surface area is 163 Å². The second-order valence-corrected chi connectivity index (χ2v) is 9.17. The lowest BCUT2D eigenvalue weighted by atomic mass is 9.86. The second-order valence-electron chi connectivity index (χ2n) is 8.22. The number of aromatic amines is 1. The fourth-order valence-corrected chi connectivity index (χ4v) is 4.18. The highest BCUT2D eigenvalue weighted by atomic mass is 32.1. The molecule has 0 spiro atoms. The van der Waals surface area contributed by atoms with Gasteiger partial charge < -0.3 is 4.98 Å². The summed E-state index contributed by atoms with van der Waals surface area (Å²) in [4.78, 5) is 23.6. The summed E-state index contributed by atoms with van der Waals surface area (Å²) in [5.74, 6) is 0.694. The molecule has 4 nitrogen and oxygen atoms in total. The Morgan fingerprint density at radius 2 is 1.96 bits per heavy atom. The van der Waals surface area contributed by atoms with E-state index in [9.17, 15) is 4.79 Å². The molecule has 0 unspecified atom stereocenters. The standard InChI is InChI=1S/C22H25N3OS/c1-22(2,3)16-8-6-15(7-9-16)13-25-11-10-18-17(14-25)21(26)24-20(23-18)19-5-4-12-27-19/h4-9,12H,10-11,13-14H2,1-3H3,(H,23,24,26). The van der Waals surface area contributed by atoms with Crippen molar-refractivity contribution in [1.82, 2.24) is 14.9 Å². The Balaban J connectivity index is 1.51. The number of nitrogens with zero attached hydrogens (tertiary/aromatic N) is 2. The summed E-state index contributed by atoms with van der Waals surface area (Å²) in [5.41, 5.74) is 4.55. The quantitative estimate of drug-likeness (QED) is 0.736. The monoisotopic (exact) mass is 379 g/mol. The van der Waals surface area contributed by atoms with Gasteiger partial charge in [-0.15, -0.1) is 11.3 Å². The lowest BCUT2D eigenvalue weighted by Gasteiger charge is -2.28. The number of rotatable bonds is 3. The summed E-state index contributed by atoms with van der Waals surface area (Å²) < 4.78 is 0. The molecule has 1 aliphatic heterocycles. The first-order valence-corrected chi connectivity index (χ1v) is 10.3. The minimum atomic E-state index is -0.00354. The van der Waals surface area contributed by atoms with Crippen molar-refractivity contribution in [3.8, 4) is 10.7 Å². The van der Waals surface area contributed by atoms with Crippen LogP contribution in [0.5, 0.6) is 0 Å². The predicted molar refractivity (Wildman–Crippen MR) is 111 cm³/mol. The number of thiophene rings is 1. The minimum absolute atomic E-state index is 0.00354. The van der Waals surface area contributed by atoms with Gasteiger partial charge in [-0.05, 0) is 28.0 Å². The van der Waals surface area contributed by atoms with Gasteiger partial charge in [-0.1, -0.05) is 51.1 Å². The van der Waals surface area contributed by atoms with Gasteiger partial charge in [0.1, 0.15) is 0 Å². The van der Waals surface area contributed by atoms with Crippen molar-refractivity contribution in [3.05, 3.63) is 74.5 Å². The molecule has 1 aromatic carbocycles. The van der Waals surface area contributed by atoms with Crippen LogP contribution in [0.1, 0.15) is 43.2 Å². The number of hydrogen-bond acceptors (Lipinski definition) is 4. The van der Waals surface area contributed by atoms with Gasteiger partial charge in [0.15, 0.2) is 5.82 Å². The van der Waals surface area contributed by atoms with Crippen LogP contribution in [-0.4, -0.2) is 21.4 Å². The summed E-state index contributed by atoms with van der Waals surface area (Å²) >= 11 is 1.60. The van der Waals surface area contributed by atoms with Gasteiger partial charge in [0.05, 0.1) is 16.1 Å². The number of aromatic nitrogens is 2. The molecule has 0 fully saturated rings. The minimum Gasteiger partial charge on any atom is -0.306 e. The van der Waals surface area contributed by atoms with Crippen molar-refractivity contribution in [3.63, 3.8) is 0 Å². The fraction of sp³-hybridized carbons (Fsp3) is 0.364.